The summed E-state index contributed by atoms with van der Waals surface area (Å²) in [4.78, 5) is 12.2. The highest BCUT2D eigenvalue weighted by atomic mass is 32.2. The Kier molecular flexibility index (Phi) is 7.30. The van der Waals surface area contributed by atoms with Gasteiger partial charge in [0, 0.05) is 11.8 Å². The Labute approximate surface area is 134 Å². The van der Waals surface area contributed by atoms with Gasteiger partial charge in [-0.1, -0.05) is 45.9 Å². The number of thioether (sulfide) groups is 1. The summed E-state index contributed by atoms with van der Waals surface area (Å²) in [7, 11) is 0. The number of rotatable bonds is 7. The fourth-order valence-electron chi connectivity index (χ4n) is 2.71. The third kappa shape index (κ3) is 5.74. The molecule has 0 unspecified atom stereocenters. The van der Waals surface area contributed by atoms with E-state index in [1.165, 1.54) is 11.1 Å². The quantitative estimate of drug-likeness (QED) is 0.818. The van der Waals surface area contributed by atoms with Crippen LogP contribution in [0, 0.1) is 18.8 Å². The lowest BCUT2D eigenvalue weighted by Gasteiger charge is -2.26. The van der Waals surface area contributed by atoms with Crippen molar-refractivity contribution in [3.8, 4) is 0 Å². The molecule has 1 aromatic carbocycles. The molecule has 1 rings (SSSR count). The number of hydrogen-bond donors (Lipinski definition) is 1. The summed E-state index contributed by atoms with van der Waals surface area (Å²) in [5.41, 5.74) is 3.73. The van der Waals surface area contributed by atoms with Gasteiger partial charge in [-0.25, -0.2) is 0 Å². The number of carbonyl (C=O) groups excluding carboxylic acids is 1. The first-order valence-electron chi connectivity index (χ1n) is 7.71. The van der Waals surface area contributed by atoms with Crippen molar-refractivity contribution in [2.24, 2.45) is 11.8 Å². The van der Waals surface area contributed by atoms with Crippen molar-refractivity contribution in [1.82, 2.24) is 5.32 Å². The molecule has 0 fully saturated rings. The predicted molar refractivity (Wildman–Crippen MR) is 93.7 cm³/mol. The Bertz CT molecular complexity index is 460. The van der Waals surface area contributed by atoms with E-state index >= 15 is 0 Å². The van der Waals surface area contributed by atoms with Crippen LogP contribution in [0.5, 0.6) is 0 Å². The zero-order valence-electron chi connectivity index (χ0n) is 14.2. The summed E-state index contributed by atoms with van der Waals surface area (Å²) in [6.07, 6.45) is 2.58. The van der Waals surface area contributed by atoms with Crippen LogP contribution in [0.3, 0.4) is 0 Å². The normalized spacial score (nSPS) is 11.5. The second-order valence-corrected chi connectivity index (χ2v) is 7.32. The molecule has 21 heavy (non-hydrogen) atoms. The molecule has 1 amide bonds. The smallest absolute Gasteiger partial charge is 0.224 e. The average Bonchev–Trinajstić information content (AvgIpc) is 2.38. The fraction of sp³-hybridized carbons (Fsp3) is 0.611. The van der Waals surface area contributed by atoms with Gasteiger partial charge in [0.15, 0.2) is 0 Å². The number of aryl methyl sites for hydroxylation is 1. The first-order valence-corrected chi connectivity index (χ1v) is 9.11. The fourth-order valence-corrected chi connectivity index (χ4v) is 3.35. The van der Waals surface area contributed by atoms with E-state index in [-0.39, 0.29) is 11.9 Å². The lowest BCUT2D eigenvalue weighted by Crippen LogP contribution is -2.42. The minimum Gasteiger partial charge on any atom is -0.353 e. The van der Waals surface area contributed by atoms with Crippen LogP contribution < -0.4 is 5.32 Å². The molecule has 0 spiro atoms. The van der Waals surface area contributed by atoms with Crippen LogP contribution in [0.15, 0.2) is 18.2 Å². The molecule has 0 heterocycles. The van der Waals surface area contributed by atoms with Crippen molar-refractivity contribution in [2.75, 3.05) is 6.26 Å². The highest BCUT2D eigenvalue weighted by Crippen LogP contribution is 2.17. The van der Waals surface area contributed by atoms with E-state index in [0.29, 0.717) is 18.3 Å². The van der Waals surface area contributed by atoms with Crippen LogP contribution in [0.2, 0.25) is 0 Å². The summed E-state index contributed by atoms with van der Waals surface area (Å²) in [5, 5.41) is 3.18. The highest BCUT2D eigenvalue weighted by Gasteiger charge is 2.19. The molecule has 0 aliphatic carbocycles. The molecule has 2 nitrogen and oxygen atoms in total. The van der Waals surface area contributed by atoms with Crippen LogP contribution in [0.25, 0.3) is 0 Å². The Morgan fingerprint density at radius 2 is 1.81 bits per heavy atom. The maximum Gasteiger partial charge on any atom is 0.224 e. The van der Waals surface area contributed by atoms with Crippen molar-refractivity contribution in [1.29, 1.82) is 0 Å². The van der Waals surface area contributed by atoms with Gasteiger partial charge in [0.25, 0.3) is 0 Å². The van der Waals surface area contributed by atoms with Gasteiger partial charge in [-0.3, -0.25) is 4.79 Å². The Morgan fingerprint density at radius 3 is 2.29 bits per heavy atom. The SMILES string of the molecule is CSCc1ccc(CC(=O)NC(C(C)C)C(C)C)cc1C. The second kappa shape index (κ2) is 8.47. The summed E-state index contributed by atoms with van der Waals surface area (Å²) in [6, 6.07) is 6.62. The standard InChI is InChI=1S/C18H29NOS/c1-12(2)18(13(3)4)19-17(20)10-15-7-8-16(11-21-6)14(5)9-15/h7-9,12-13,18H,10-11H2,1-6H3,(H,19,20). The minimum atomic E-state index is 0.124. The van der Waals surface area contributed by atoms with Crippen LogP contribution in [0.4, 0.5) is 0 Å². The first-order chi connectivity index (χ1) is 9.85. The molecule has 0 saturated carbocycles. The molecule has 1 aromatic rings. The molecule has 0 aromatic heterocycles. The molecule has 0 bridgehead atoms. The molecule has 0 radical (unpaired) electrons. The lowest BCUT2D eigenvalue weighted by molar-refractivity contribution is -0.121. The Balaban J connectivity index is 2.68. The van der Waals surface area contributed by atoms with Crippen LogP contribution in [-0.2, 0) is 17.0 Å². The third-order valence-electron chi connectivity index (χ3n) is 3.84. The van der Waals surface area contributed by atoms with Gasteiger partial charge >= 0.3 is 0 Å². The lowest BCUT2D eigenvalue weighted by atomic mass is 9.93. The van der Waals surface area contributed by atoms with Gasteiger partial charge < -0.3 is 5.32 Å². The average molecular weight is 308 g/mol. The Morgan fingerprint density at radius 1 is 1.19 bits per heavy atom. The number of hydrogen-bond acceptors (Lipinski definition) is 2. The van der Waals surface area contributed by atoms with E-state index < -0.39 is 0 Å². The van der Waals surface area contributed by atoms with E-state index in [0.717, 1.165) is 11.3 Å². The van der Waals surface area contributed by atoms with Crippen LogP contribution in [-0.4, -0.2) is 18.2 Å². The van der Waals surface area contributed by atoms with Crippen molar-refractivity contribution in [3.63, 3.8) is 0 Å². The summed E-state index contributed by atoms with van der Waals surface area (Å²) in [5.74, 6) is 2.07. The molecule has 1 N–H and O–H groups in total. The Hall–Kier alpha value is -0.960. The largest absolute Gasteiger partial charge is 0.353 e. The molecule has 0 aliphatic heterocycles. The third-order valence-corrected chi connectivity index (χ3v) is 4.44. The number of nitrogens with one attached hydrogen (secondary N) is 1. The zero-order valence-corrected chi connectivity index (χ0v) is 15.0. The highest BCUT2D eigenvalue weighted by molar-refractivity contribution is 7.97. The van der Waals surface area contributed by atoms with E-state index in [1.54, 1.807) is 0 Å². The molecular weight excluding hydrogens is 278 g/mol. The van der Waals surface area contributed by atoms with Crippen LogP contribution >= 0.6 is 11.8 Å². The maximum atomic E-state index is 12.2. The monoisotopic (exact) mass is 307 g/mol. The topological polar surface area (TPSA) is 29.1 Å². The van der Waals surface area contributed by atoms with Crippen molar-refractivity contribution in [2.45, 2.75) is 52.8 Å². The summed E-state index contributed by atoms with van der Waals surface area (Å²) < 4.78 is 0. The molecule has 0 saturated heterocycles. The number of amides is 1. The van der Waals surface area contributed by atoms with E-state index in [1.807, 2.05) is 11.8 Å². The van der Waals surface area contributed by atoms with Gasteiger partial charge in [0.1, 0.15) is 0 Å². The van der Waals surface area contributed by atoms with Crippen molar-refractivity contribution < 1.29 is 4.79 Å². The van der Waals surface area contributed by atoms with Gasteiger partial charge in [0.2, 0.25) is 5.91 Å². The predicted octanol–water partition coefficient (Wildman–Crippen LogP) is 4.20. The van der Waals surface area contributed by atoms with Gasteiger partial charge in [-0.05, 0) is 41.7 Å². The van der Waals surface area contributed by atoms with E-state index in [4.69, 9.17) is 0 Å². The first kappa shape index (κ1) is 18.1. The van der Waals surface area contributed by atoms with Gasteiger partial charge in [0.05, 0.1) is 6.42 Å². The molecular formula is C18H29NOS. The maximum absolute atomic E-state index is 12.2. The number of carbonyl (C=O) groups is 1. The van der Waals surface area contributed by atoms with Crippen molar-refractivity contribution >= 4 is 17.7 Å². The molecule has 0 aliphatic rings. The van der Waals surface area contributed by atoms with Crippen LogP contribution in [0.1, 0.15) is 44.4 Å². The number of benzene rings is 1. The zero-order chi connectivity index (χ0) is 16.0. The molecule has 118 valence electrons. The summed E-state index contributed by atoms with van der Waals surface area (Å²) in [6.45, 7) is 10.8. The minimum absolute atomic E-state index is 0.124. The summed E-state index contributed by atoms with van der Waals surface area (Å²) >= 11 is 1.82. The molecule has 3 heteroatoms. The van der Waals surface area contributed by atoms with E-state index in [2.05, 4.69) is 64.4 Å². The molecule has 0 atom stereocenters. The van der Waals surface area contributed by atoms with E-state index in [9.17, 15) is 4.79 Å². The van der Waals surface area contributed by atoms with Gasteiger partial charge in [-0.2, -0.15) is 11.8 Å². The second-order valence-electron chi connectivity index (χ2n) is 6.45. The van der Waals surface area contributed by atoms with Crippen molar-refractivity contribution in [3.05, 3.63) is 34.9 Å². The van der Waals surface area contributed by atoms with Gasteiger partial charge in [-0.15, -0.1) is 0 Å².